The molecule has 0 bridgehead atoms. The molecule has 2 N–H and O–H groups in total. The molecule has 0 aliphatic rings. The summed E-state index contributed by atoms with van der Waals surface area (Å²) in [6.07, 6.45) is 2.21. The van der Waals surface area contributed by atoms with Crippen LogP contribution in [0.3, 0.4) is 0 Å². The van der Waals surface area contributed by atoms with Crippen LogP contribution < -0.4 is 5.73 Å². The molecule has 0 radical (unpaired) electrons. The van der Waals surface area contributed by atoms with Gasteiger partial charge < -0.3 is 10.6 Å². The predicted molar refractivity (Wildman–Crippen MR) is 79.7 cm³/mol. The normalized spacial score (nSPS) is 14.7. The van der Waals surface area contributed by atoms with Crippen molar-refractivity contribution in [1.82, 2.24) is 4.90 Å². The molecule has 0 amide bonds. The molecule has 2 nitrogen and oxygen atoms in total. The number of nitrogens with two attached hydrogens (primary N) is 1. The highest BCUT2D eigenvalue weighted by Gasteiger charge is 2.12. The average Bonchev–Trinajstić information content (AvgIpc) is 2.38. The van der Waals surface area contributed by atoms with Gasteiger partial charge in [0.1, 0.15) is 0 Å². The molecule has 2 atom stereocenters. The first-order valence-electron chi connectivity index (χ1n) is 7.17. The van der Waals surface area contributed by atoms with Crippen LogP contribution in [0.1, 0.15) is 32.8 Å². The molecule has 2 heteroatoms. The third-order valence-corrected chi connectivity index (χ3v) is 3.55. The highest BCUT2D eigenvalue weighted by molar-refractivity contribution is 5.15. The van der Waals surface area contributed by atoms with Gasteiger partial charge in [-0.05, 0) is 24.4 Å². The summed E-state index contributed by atoms with van der Waals surface area (Å²) in [6.45, 7) is 10.0. The lowest BCUT2D eigenvalue weighted by atomic mass is 10.0. The summed E-state index contributed by atoms with van der Waals surface area (Å²) in [5.74, 6) is 0.758. The largest absolute Gasteiger partial charge is 0.326 e. The molecule has 0 aromatic heterocycles. The van der Waals surface area contributed by atoms with Crippen molar-refractivity contribution in [3.8, 4) is 0 Å². The Morgan fingerprint density at radius 2 is 1.78 bits per heavy atom. The Hall–Kier alpha value is -0.860. The average molecular weight is 248 g/mol. The van der Waals surface area contributed by atoms with E-state index in [1.165, 1.54) is 12.0 Å². The highest BCUT2D eigenvalue weighted by Crippen LogP contribution is 2.07. The Morgan fingerprint density at radius 1 is 1.11 bits per heavy atom. The molecule has 0 aliphatic heterocycles. The van der Waals surface area contributed by atoms with Crippen LogP contribution in [0.15, 0.2) is 30.3 Å². The van der Waals surface area contributed by atoms with Crippen molar-refractivity contribution < 1.29 is 0 Å². The molecule has 1 rings (SSSR count). The van der Waals surface area contributed by atoms with E-state index in [9.17, 15) is 0 Å². The summed E-state index contributed by atoms with van der Waals surface area (Å²) in [7, 11) is 0. The van der Waals surface area contributed by atoms with E-state index in [1.54, 1.807) is 0 Å². The SMILES string of the molecule is CCC(C)CN(CC)CC(N)Cc1ccccc1. The Morgan fingerprint density at radius 3 is 2.33 bits per heavy atom. The van der Waals surface area contributed by atoms with Gasteiger partial charge in [-0.25, -0.2) is 0 Å². The van der Waals surface area contributed by atoms with Gasteiger partial charge in [0.2, 0.25) is 0 Å². The van der Waals surface area contributed by atoms with E-state index < -0.39 is 0 Å². The highest BCUT2D eigenvalue weighted by atomic mass is 15.1. The van der Waals surface area contributed by atoms with E-state index in [4.69, 9.17) is 5.73 Å². The summed E-state index contributed by atoms with van der Waals surface area (Å²) < 4.78 is 0. The molecule has 0 heterocycles. The van der Waals surface area contributed by atoms with E-state index in [-0.39, 0.29) is 6.04 Å². The van der Waals surface area contributed by atoms with Gasteiger partial charge >= 0.3 is 0 Å². The maximum absolute atomic E-state index is 6.26. The van der Waals surface area contributed by atoms with Gasteiger partial charge in [-0.3, -0.25) is 0 Å². The minimum absolute atomic E-state index is 0.233. The van der Waals surface area contributed by atoms with Crippen LogP contribution in [-0.2, 0) is 6.42 Å². The summed E-state index contributed by atoms with van der Waals surface area (Å²) in [5, 5.41) is 0. The molecule has 102 valence electrons. The Bertz CT molecular complexity index is 310. The van der Waals surface area contributed by atoms with E-state index in [2.05, 4.69) is 56.0 Å². The maximum Gasteiger partial charge on any atom is 0.0208 e. The smallest absolute Gasteiger partial charge is 0.0208 e. The Balaban J connectivity index is 2.39. The Kier molecular flexibility index (Phi) is 6.99. The summed E-state index contributed by atoms with van der Waals surface area (Å²) >= 11 is 0. The fraction of sp³-hybridized carbons (Fsp3) is 0.625. The number of hydrogen-bond acceptors (Lipinski definition) is 2. The van der Waals surface area contributed by atoms with Crippen molar-refractivity contribution in [3.05, 3.63) is 35.9 Å². The quantitative estimate of drug-likeness (QED) is 0.766. The van der Waals surface area contributed by atoms with Crippen molar-refractivity contribution in [2.45, 2.75) is 39.7 Å². The third kappa shape index (κ3) is 5.65. The second kappa shape index (κ2) is 8.28. The van der Waals surface area contributed by atoms with E-state index >= 15 is 0 Å². The van der Waals surface area contributed by atoms with Crippen molar-refractivity contribution in [1.29, 1.82) is 0 Å². The molecule has 1 aromatic rings. The number of likely N-dealkylation sites (N-methyl/N-ethyl adjacent to an activating group) is 1. The van der Waals surface area contributed by atoms with Gasteiger partial charge in [0.05, 0.1) is 0 Å². The molecule has 2 unspecified atom stereocenters. The summed E-state index contributed by atoms with van der Waals surface area (Å²) in [4.78, 5) is 2.47. The number of nitrogens with zero attached hydrogens (tertiary/aromatic N) is 1. The standard InChI is InChI=1S/C16H28N2/c1-4-14(3)12-18(5-2)13-16(17)11-15-9-7-6-8-10-15/h6-10,14,16H,4-5,11-13,17H2,1-3H3. The minimum Gasteiger partial charge on any atom is -0.326 e. The van der Waals surface area contributed by atoms with Gasteiger partial charge in [-0.2, -0.15) is 0 Å². The zero-order valence-electron chi connectivity index (χ0n) is 12.1. The Labute approximate surface area is 112 Å². The summed E-state index contributed by atoms with van der Waals surface area (Å²) in [6, 6.07) is 10.8. The molecular formula is C16H28N2. The number of rotatable bonds is 8. The number of hydrogen-bond donors (Lipinski definition) is 1. The van der Waals surface area contributed by atoms with Gasteiger partial charge in [-0.15, -0.1) is 0 Å². The van der Waals surface area contributed by atoms with Crippen LogP contribution in [-0.4, -0.2) is 30.6 Å². The molecule has 0 saturated heterocycles. The lowest BCUT2D eigenvalue weighted by molar-refractivity contribution is 0.231. The molecule has 0 saturated carbocycles. The van der Waals surface area contributed by atoms with Crippen LogP contribution in [0, 0.1) is 5.92 Å². The summed E-state index contributed by atoms with van der Waals surface area (Å²) in [5.41, 5.74) is 7.60. The van der Waals surface area contributed by atoms with Crippen LogP contribution in [0.5, 0.6) is 0 Å². The van der Waals surface area contributed by atoms with Crippen LogP contribution >= 0.6 is 0 Å². The van der Waals surface area contributed by atoms with E-state index in [1.807, 2.05) is 0 Å². The fourth-order valence-electron chi connectivity index (χ4n) is 2.22. The molecule has 1 aromatic carbocycles. The molecule has 18 heavy (non-hydrogen) atoms. The van der Waals surface area contributed by atoms with Crippen LogP contribution in [0.25, 0.3) is 0 Å². The van der Waals surface area contributed by atoms with Gasteiger partial charge in [0, 0.05) is 19.1 Å². The molecule has 0 spiro atoms. The van der Waals surface area contributed by atoms with Crippen molar-refractivity contribution in [2.75, 3.05) is 19.6 Å². The van der Waals surface area contributed by atoms with Crippen LogP contribution in [0.4, 0.5) is 0 Å². The van der Waals surface area contributed by atoms with Crippen LogP contribution in [0.2, 0.25) is 0 Å². The maximum atomic E-state index is 6.26. The predicted octanol–water partition coefficient (Wildman–Crippen LogP) is 2.92. The van der Waals surface area contributed by atoms with Crippen molar-refractivity contribution in [2.24, 2.45) is 11.7 Å². The molecule has 0 fully saturated rings. The van der Waals surface area contributed by atoms with E-state index in [0.29, 0.717) is 0 Å². The van der Waals surface area contributed by atoms with Crippen molar-refractivity contribution >= 4 is 0 Å². The zero-order chi connectivity index (χ0) is 13.4. The minimum atomic E-state index is 0.233. The monoisotopic (exact) mass is 248 g/mol. The van der Waals surface area contributed by atoms with Gasteiger partial charge in [0.25, 0.3) is 0 Å². The fourth-order valence-corrected chi connectivity index (χ4v) is 2.22. The van der Waals surface area contributed by atoms with Crippen molar-refractivity contribution in [3.63, 3.8) is 0 Å². The third-order valence-electron chi connectivity index (χ3n) is 3.55. The first kappa shape index (κ1) is 15.2. The van der Waals surface area contributed by atoms with E-state index in [0.717, 1.165) is 32.0 Å². The lowest BCUT2D eigenvalue weighted by Crippen LogP contribution is -2.40. The first-order chi connectivity index (χ1) is 8.65. The second-order valence-electron chi connectivity index (χ2n) is 5.32. The van der Waals surface area contributed by atoms with Gasteiger partial charge in [-0.1, -0.05) is 57.5 Å². The number of benzene rings is 1. The first-order valence-corrected chi connectivity index (χ1v) is 7.17. The topological polar surface area (TPSA) is 29.3 Å². The lowest BCUT2D eigenvalue weighted by Gasteiger charge is -2.26. The second-order valence-corrected chi connectivity index (χ2v) is 5.32. The van der Waals surface area contributed by atoms with Gasteiger partial charge in [0.15, 0.2) is 0 Å². The zero-order valence-corrected chi connectivity index (χ0v) is 12.1. The molecule has 0 aliphatic carbocycles. The molecular weight excluding hydrogens is 220 g/mol.